The third-order valence-corrected chi connectivity index (χ3v) is 6.59. The number of alkyl halides is 2. The van der Waals surface area contributed by atoms with Crippen LogP contribution in [0.4, 0.5) is 43.9 Å². The summed E-state index contributed by atoms with van der Waals surface area (Å²) in [5.74, 6) is -9.61. The van der Waals surface area contributed by atoms with Crippen molar-refractivity contribution in [1.82, 2.24) is 0 Å². The molecule has 45 heavy (non-hydrogen) atoms. The second kappa shape index (κ2) is 12.0. The smallest absolute Gasteiger partial charge is 0.429 e. The maximum atomic E-state index is 15.0. The molecule has 0 unspecified atom stereocenters. The van der Waals surface area contributed by atoms with Gasteiger partial charge in [-0.15, -0.1) is 0 Å². The molecule has 0 saturated heterocycles. The zero-order chi connectivity index (χ0) is 32.6. The van der Waals surface area contributed by atoms with Gasteiger partial charge in [0, 0.05) is 17.7 Å². The van der Waals surface area contributed by atoms with Gasteiger partial charge in [-0.2, -0.15) is 8.78 Å². The molecule has 0 aliphatic rings. The van der Waals surface area contributed by atoms with Crippen molar-refractivity contribution in [3.63, 3.8) is 0 Å². The molecule has 0 saturated carbocycles. The quantitative estimate of drug-likeness (QED) is 0.107. The Morgan fingerprint density at radius 2 is 1.11 bits per heavy atom. The van der Waals surface area contributed by atoms with Gasteiger partial charge in [-0.25, -0.2) is 35.1 Å². The molecule has 0 N–H and O–H groups in total. The van der Waals surface area contributed by atoms with E-state index in [2.05, 4.69) is 16.6 Å². The first-order valence-electron chi connectivity index (χ1n) is 12.8. The highest BCUT2D eigenvalue weighted by Gasteiger charge is 2.42. The number of aryl methyl sites for hydroxylation is 1. The number of hydrogen-bond acceptors (Lipinski definition) is 1. The number of ether oxygens (including phenoxy) is 1. The molecule has 1 nitrogen and oxygen atoms in total. The lowest BCUT2D eigenvalue weighted by molar-refractivity contribution is -0.189. The minimum atomic E-state index is -4.90. The summed E-state index contributed by atoms with van der Waals surface area (Å²) in [6.07, 6.45) is -4.90. The standard InChI is InChI=1S/C34H16F10O/c1-17-9-20(19-5-3-2-4-6-19)12-24(35)23(17)8-7-18-10-25(36)31(26(37)11-18)21-13-27(38)32(28(39)14-21)34(43,44)45-22-15-29(40)33(42)30(41)16-22/h2-6,9-16H,1H3. The van der Waals surface area contributed by atoms with Crippen LogP contribution in [0.2, 0.25) is 0 Å². The van der Waals surface area contributed by atoms with Crippen molar-refractivity contribution in [2.24, 2.45) is 0 Å². The topological polar surface area (TPSA) is 9.23 Å². The zero-order valence-electron chi connectivity index (χ0n) is 22.7. The van der Waals surface area contributed by atoms with Crippen molar-refractivity contribution in [2.45, 2.75) is 13.0 Å². The highest BCUT2D eigenvalue weighted by atomic mass is 19.3. The summed E-state index contributed by atoms with van der Waals surface area (Å²) in [6, 6.07) is 13.7. The molecular formula is C34H16F10O. The number of benzene rings is 5. The Balaban J connectivity index is 1.44. The Morgan fingerprint density at radius 1 is 0.556 bits per heavy atom. The lowest BCUT2D eigenvalue weighted by Crippen LogP contribution is -2.25. The number of halogens is 10. The van der Waals surface area contributed by atoms with Crippen molar-refractivity contribution in [3.8, 4) is 39.8 Å². The predicted molar refractivity (Wildman–Crippen MR) is 145 cm³/mol. The lowest BCUT2D eigenvalue weighted by atomic mass is 9.98. The molecule has 5 aromatic carbocycles. The lowest BCUT2D eigenvalue weighted by Gasteiger charge is -2.20. The first kappa shape index (κ1) is 31.2. The highest BCUT2D eigenvalue weighted by molar-refractivity contribution is 5.68. The minimum Gasteiger partial charge on any atom is -0.429 e. The van der Waals surface area contributed by atoms with E-state index in [1.54, 1.807) is 43.3 Å². The van der Waals surface area contributed by atoms with E-state index in [1.807, 2.05) is 0 Å². The van der Waals surface area contributed by atoms with E-state index >= 15 is 8.78 Å². The van der Waals surface area contributed by atoms with Gasteiger partial charge in [-0.1, -0.05) is 42.2 Å². The largest absolute Gasteiger partial charge is 0.432 e. The van der Waals surface area contributed by atoms with E-state index in [0.717, 1.165) is 5.56 Å². The van der Waals surface area contributed by atoms with Crippen molar-refractivity contribution < 1.29 is 48.6 Å². The molecule has 0 spiro atoms. The van der Waals surface area contributed by atoms with E-state index in [0.29, 0.717) is 23.3 Å². The Hall–Kier alpha value is -5.24. The van der Waals surface area contributed by atoms with E-state index in [-0.39, 0.29) is 35.4 Å². The van der Waals surface area contributed by atoms with Crippen molar-refractivity contribution in [1.29, 1.82) is 0 Å². The van der Waals surface area contributed by atoms with Crippen LogP contribution in [-0.2, 0) is 6.11 Å². The van der Waals surface area contributed by atoms with Crippen LogP contribution in [0.5, 0.6) is 5.75 Å². The van der Waals surface area contributed by atoms with Gasteiger partial charge in [0.2, 0.25) is 0 Å². The molecule has 0 amide bonds. The van der Waals surface area contributed by atoms with Crippen molar-refractivity contribution in [3.05, 3.63) is 148 Å². The second-order valence-electron chi connectivity index (χ2n) is 9.72. The average Bonchev–Trinajstić information content (AvgIpc) is 2.94. The summed E-state index contributed by atoms with van der Waals surface area (Å²) in [5, 5.41) is 0. The van der Waals surface area contributed by atoms with Gasteiger partial charge in [0.15, 0.2) is 17.5 Å². The summed E-state index contributed by atoms with van der Waals surface area (Å²) >= 11 is 0. The van der Waals surface area contributed by atoms with Gasteiger partial charge < -0.3 is 4.74 Å². The molecule has 0 aromatic heterocycles. The summed E-state index contributed by atoms with van der Waals surface area (Å²) < 4.78 is 148. The van der Waals surface area contributed by atoms with Crippen LogP contribution in [0.3, 0.4) is 0 Å². The maximum absolute atomic E-state index is 15.0. The third kappa shape index (κ3) is 6.36. The van der Waals surface area contributed by atoms with E-state index in [1.165, 1.54) is 6.07 Å². The number of hydrogen-bond donors (Lipinski definition) is 0. The molecule has 0 bridgehead atoms. The van der Waals surface area contributed by atoms with E-state index in [9.17, 15) is 35.1 Å². The summed E-state index contributed by atoms with van der Waals surface area (Å²) in [6.45, 7) is 1.60. The third-order valence-electron chi connectivity index (χ3n) is 6.59. The minimum absolute atomic E-state index is 0.0289. The predicted octanol–water partition coefficient (Wildman–Crippen LogP) is 9.97. The molecule has 0 fully saturated rings. The second-order valence-corrected chi connectivity index (χ2v) is 9.72. The first-order chi connectivity index (χ1) is 21.2. The Kier molecular flexibility index (Phi) is 8.34. The summed E-state index contributed by atoms with van der Waals surface area (Å²) in [5.41, 5.74) is -2.37. The van der Waals surface area contributed by atoms with Crippen LogP contribution in [0.1, 0.15) is 22.3 Å². The summed E-state index contributed by atoms with van der Waals surface area (Å²) in [4.78, 5) is 0. The van der Waals surface area contributed by atoms with Crippen molar-refractivity contribution >= 4 is 0 Å². The van der Waals surface area contributed by atoms with Gasteiger partial charge in [0.1, 0.15) is 40.4 Å². The molecule has 228 valence electrons. The highest BCUT2D eigenvalue weighted by Crippen LogP contribution is 2.38. The Bertz CT molecular complexity index is 1920. The van der Waals surface area contributed by atoms with Gasteiger partial charge >= 0.3 is 6.11 Å². The molecule has 0 heterocycles. The maximum Gasteiger partial charge on any atom is 0.432 e. The fourth-order valence-electron chi connectivity index (χ4n) is 4.54. The zero-order valence-corrected chi connectivity index (χ0v) is 22.7. The fourth-order valence-corrected chi connectivity index (χ4v) is 4.54. The van der Waals surface area contributed by atoms with Gasteiger partial charge in [-0.05, 0) is 65.6 Å². The van der Waals surface area contributed by atoms with E-state index < -0.39 is 75.1 Å². The molecule has 5 rings (SSSR count). The Labute approximate surface area is 249 Å². The van der Waals surface area contributed by atoms with Crippen LogP contribution < -0.4 is 4.74 Å². The molecule has 11 heteroatoms. The normalized spacial score (nSPS) is 11.3. The SMILES string of the molecule is Cc1cc(-c2ccccc2)cc(F)c1C#Cc1cc(F)c(-c2cc(F)c(C(F)(F)Oc3cc(F)c(F)c(F)c3)c(F)c2)c(F)c1. The average molecular weight is 630 g/mol. The van der Waals surface area contributed by atoms with Crippen LogP contribution in [0.15, 0.2) is 78.9 Å². The first-order valence-corrected chi connectivity index (χ1v) is 12.8. The molecule has 0 radical (unpaired) electrons. The molecule has 0 aliphatic carbocycles. The van der Waals surface area contributed by atoms with Gasteiger partial charge in [0.05, 0.1) is 11.1 Å². The van der Waals surface area contributed by atoms with Gasteiger partial charge in [-0.3, -0.25) is 0 Å². The molecule has 5 aromatic rings. The summed E-state index contributed by atoms with van der Waals surface area (Å²) in [7, 11) is 0. The Morgan fingerprint density at radius 3 is 1.67 bits per heavy atom. The monoisotopic (exact) mass is 630 g/mol. The molecule has 0 aliphatic heterocycles. The van der Waals surface area contributed by atoms with Crippen LogP contribution >= 0.6 is 0 Å². The molecule has 0 atom stereocenters. The van der Waals surface area contributed by atoms with Crippen molar-refractivity contribution in [2.75, 3.05) is 0 Å². The van der Waals surface area contributed by atoms with Crippen LogP contribution in [0.25, 0.3) is 22.3 Å². The molecular weight excluding hydrogens is 614 g/mol. The van der Waals surface area contributed by atoms with Crippen LogP contribution in [0, 0.1) is 65.3 Å². The van der Waals surface area contributed by atoms with Crippen LogP contribution in [-0.4, -0.2) is 0 Å². The van der Waals surface area contributed by atoms with E-state index in [4.69, 9.17) is 0 Å². The number of rotatable bonds is 5. The van der Waals surface area contributed by atoms with Gasteiger partial charge in [0.25, 0.3) is 0 Å². The fraction of sp³-hybridized carbons (Fsp3) is 0.0588.